The molecular formula is C19H21FN2O2. The van der Waals surface area contributed by atoms with Crippen LogP contribution in [0, 0.1) is 23.6 Å². The van der Waals surface area contributed by atoms with Gasteiger partial charge in [-0.25, -0.2) is 4.39 Å². The highest BCUT2D eigenvalue weighted by molar-refractivity contribution is 5.94. The maximum atomic E-state index is 13.8. The maximum Gasteiger partial charge on any atom is 0.256 e. The lowest BCUT2D eigenvalue weighted by Crippen LogP contribution is -2.52. The standard InChI is InChI=1S/C19H21FN2O2/c20-17-4-2-1-3-15(17)18(23)21-7-9-22(10-8-21)19(24)16-12-13-5-6-14(16)11-13/h1-6,13-14,16H,7-12H2/t13-,14+,16-/m1/s1. The molecule has 1 aromatic carbocycles. The topological polar surface area (TPSA) is 40.6 Å². The smallest absolute Gasteiger partial charge is 0.256 e. The molecule has 0 spiro atoms. The van der Waals surface area contributed by atoms with Crippen molar-refractivity contribution in [1.82, 2.24) is 9.80 Å². The summed E-state index contributed by atoms with van der Waals surface area (Å²) in [4.78, 5) is 28.7. The van der Waals surface area contributed by atoms with E-state index in [0.717, 1.165) is 12.8 Å². The summed E-state index contributed by atoms with van der Waals surface area (Å²) in [6.07, 6.45) is 6.50. The lowest BCUT2D eigenvalue weighted by molar-refractivity contribution is -0.137. The van der Waals surface area contributed by atoms with Crippen LogP contribution in [-0.2, 0) is 4.79 Å². The highest BCUT2D eigenvalue weighted by Gasteiger charge is 2.42. The monoisotopic (exact) mass is 328 g/mol. The molecule has 3 atom stereocenters. The molecule has 126 valence electrons. The lowest BCUT2D eigenvalue weighted by atomic mass is 9.92. The third kappa shape index (κ3) is 2.62. The van der Waals surface area contributed by atoms with Gasteiger partial charge in [-0.2, -0.15) is 0 Å². The van der Waals surface area contributed by atoms with Gasteiger partial charge in [0, 0.05) is 32.1 Å². The molecule has 2 fully saturated rings. The number of halogens is 1. The fourth-order valence-electron chi connectivity index (χ4n) is 4.23. The first-order chi connectivity index (χ1) is 11.6. The Bertz CT molecular complexity index is 694. The first kappa shape index (κ1) is 15.4. The van der Waals surface area contributed by atoms with E-state index < -0.39 is 5.82 Å². The molecule has 24 heavy (non-hydrogen) atoms. The number of amides is 2. The third-order valence-electron chi connectivity index (χ3n) is 5.58. The molecule has 0 radical (unpaired) electrons. The highest BCUT2D eigenvalue weighted by Crippen LogP contribution is 2.44. The lowest BCUT2D eigenvalue weighted by Gasteiger charge is -2.37. The van der Waals surface area contributed by atoms with E-state index >= 15 is 0 Å². The molecule has 0 unspecified atom stereocenters. The molecule has 1 aromatic rings. The van der Waals surface area contributed by atoms with Crippen LogP contribution in [0.15, 0.2) is 36.4 Å². The molecule has 3 aliphatic rings. The van der Waals surface area contributed by atoms with E-state index in [1.165, 1.54) is 12.1 Å². The Balaban J connectivity index is 1.37. The zero-order valence-corrected chi connectivity index (χ0v) is 13.5. The molecular weight excluding hydrogens is 307 g/mol. The summed E-state index contributed by atoms with van der Waals surface area (Å²) in [7, 11) is 0. The van der Waals surface area contributed by atoms with Gasteiger partial charge in [0.15, 0.2) is 0 Å². The minimum absolute atomic E-state index is 0.107. The van der Waals surface area contributed by atoms with Crippen molar-refractivity contribution in [2.75, 3.05) is 26.2 Å². The van der Waals surface area contributed by atoms with Crippen molar-refractivity contribution in [3.63, 3.8) is 0 Å². The van der Waals surface area contributed by atoms with Crippen LogP contribution in [0.5, 0.6) is 0 Å². The van der Waals surface area contributed by atoms with Crippen molar-refractivity contribution in [2.45, 2.75) is 12.8 Å². The first-order valence-electron chi connectivity index (χ1n) is 8.64. The number of nitrogens with zero attached hydrogens (tertiary/aromatic N) is 2. The molecule has 1 saturated heterocycles. The third-order valence-corrected chi connectivity index (χ3v) is 5.58. The van der Waals surface area contributed by atoms with Gasteiger partial charge in [-0.15, -0.1) is 0 Å². The second-order valence-corrected chi connectivity index (χ2v) is 6.98. The number of rotatable bonds is 2. The molecule has 2 bridgehead atoms. The predicted molar refractivity (Wildman–Crippen MR) is 87.7 cm³/mol. The normalized spacial score (nSPS) is 28.5. The van der Waals surface area contributed by atoms with Crippen molar-refractivity contribution < 1.29 is 14.0 Å². The molecule has 4 rings (SSSR count). The number of fused-ring (bicyclic) bond motifs is 2. The van der Waals surface area contributed by atoms with E-state index in [9.17, 15) is 14.0 Å². The van der Waals surface area contributed by atoms with Crippen molar-refractivity contribution in [3.05, 3.63) is 47.8 Å². The zero-order valence-electron chi connectivity index (χ0n) is 13.5. The van der Waals surface area contributed by atoms with E-state index in [-0.39, 0.29) is 23.3 Å². The van der Waals surface area contributed by atoms with Crippen molar-refractivity contribution in [3.8, 4) is 0 Å². The molecule has 1 saturated carbocycles. The van der Waals surface area contributed by atoms with Gasteiger partial charge in [0.2, 0.25) is 5.91 Å². The van der Waals surface area contributed by atoms with Gasteiger partial charge >= 0.3 is 0 Å². The van der Waals surface area contributed by atoms with Gasteiger partial charge in [-0.1, -0.05) is 24.3 Å². The van der Waals surface area contributed by atoms with Crippen molar-refractivity contribution in [2.24, 2.45) is 17.8 Å². The summed E-state index contributed by atoms with van der Waals surface area (Å²) in [5.41, 5.74) is 0.107. The highest BCUT2D eigenvalue weighted by atomic mass is 19.1. The Labute approximate surface area is 140 Å². The number of allylic oxidation sites excluding steroid dienone is 2. The summed E-state index contributed by atoms with van der Waals surface area (Å²) in [5.74, 6) is 0.546. The van der Waals surface area contributed by atoms with Gasteiger partial charge in [0.1, 0.15) is 5.82 Å². The largest absolute Gasteiger partial charge is 0.339 e. The number of hydrogen-bond donors (Lipinski definition) is 0. The molecule has 2 amide bonds. The molecule has 4 nitrogen and oxygen atoms in total. The van der Waals surface area contributed by atoms with Crippen LogP contribution >= 0.6 is 0 Å². The average Bonchev–Trinajstić information content (AvgIpc) is 3.24. The summed E-state index contributed by atoms with van der Waals surface area (Å²) in [6.45, 7) is 2.01. The van der Waals surface area contributed by atoms with E-state index in [4.69, 9.17) is 0 Å². The summed E-state index contributed by atoms with van der Waals surface area (Å²) in [6, 6.07) is 6.05. The van der Waals surface area contributed by atoms with Gasteiger partial charge in [-0.05, 0) is 36.8 Å². The number of benzene rings is 1. The summed E-state index contributed by atoms with van der Waals surface area (Å²) < 4.78 is 13.8. The Morgan fingerprint density at radius 3 is 2.29 bits per heavy atom. The van der Waals surface area contributed by atoms with Crippen molar-refractivity contribution in [1.29, 1.82) is 0 Å². The number of carbonyl (C=O) groups is 2. The van der Waals surface area contributed by atoms with Crippen LogP contribution in [-0.4, -0.2) is 47.8 Å². The van der Waals surface area contributed by atoms with Crippen LogP contribution in [0.3, 0.4) is 0 Å². The second kappa shape index (κ2) is 6.04. The Morgan fingerprint density at radius 1 is 0.958 bits per heavy atom. The number of piperazine rings is 1. The Kier molecular flexibility index (Phi) is 3.87. The predicted octanol–water partition coefficient (Wildman–Crippen LogP) is 2.32. The fourth-order valence-corrected chi connectivity index (χ4v) is 4.23. The Morgan fingerprint density at radius 2 is 1.67 bits per heavy atom. The SMILES string of the molecule is O=C(c1ccccc1F)N1CCN(C(=O)[C@@H]2C[C@@H]3C=C[C@H]2C3)CC1. The van der Waals surface area contributed by atoms with Crippen LogP contribution in [0.4, 0.5) is 4.39 Å². The van der Waals surface area contributed by atoms with Crippen LogP contribution < -0.4 is 0 Å². The zero-order chi connectivity index (χ0) is 16.7. The van der Waals surface area contributed by atoms with Crippen LogP contribution in [0.25, 0.3) is 0 Å². The molecule has 1 aliphatic heterocycles. The molecule has 1 heterocycles. The van der Waals surface area contributed by atoms with Gasteiger partial charge in [-0.3, -0.25) is 9.59 Å². The number of hydrogen-bond acceptors (Lipinski definition) is 2. The molecule has 2 aliphatic carbocycles. The van der Waals surface area contributed by atoms with E-state index in [1.807, 2.05) is 4.90 Å². The quantitative estimate of drug-likeness (QED) is 0.782. The minimum atomic E-state index is -0.491. The molecule has 0 N–H and O–H groups in total. The van der Waals surface area contributed by atoms with Gasteiger partial charge in [0.25, 0.3) is 5.91 Å². The van der Waals surface area contributed by atoms with E-state index in [1.54, 1.807) is 17.0 Å². The second-order valence-electron chi connectivity index (χ2n) is 6.98. The van der Waals surface area contributed by atoms with Gasteiger partial charge in [0.05, 0.1) is 5.56 Å². The first-order valence-corrected chi connectivity index (χ1v) is 8.64. The minimum Gasteiger partial charge on any atom is -0.339 e. The Hall–Kier alpha value is -2.17. The average molecular weight is 328 g/mol. The summed E-state index contributed by atoms with van der Waals surface area (Å²) in [5, 5.41) is 0. The van der Waals surface area contributed by atoms with Gasteiger partial charge < -0.3 is 9.80 Å². The van der Waals surface area contributed by atoms with E-state index in [0.29, 0.717) is 38.0 Å². The molecule has 0 aromatic heterocycles. The fraction of sp³-hybridized carbons (Fsp3) is 0.474. The summed E-state index contributed by atoms with van der Waals surface area (Å²) >= 11 is 0. The van der Waals surface area contributed by atoms with E-state index in [2.05, 4.69) is 12.2 Å². The van der Waals surface area contributed by atoms with Crippen molar-refractivity contribution >= 4 is 11.8 Å². The van der Waals surface area contributed by atoms with Crippen LogP contribution in [0.2, 0.25) is 0 Å². The number of carbonyl (C=O) groups excluding carboxylic acids is 2. The maximum absolute atomic E-state index is 13.8. The molecule has 5 heteroatoms. The van der Waals surface area contributed by atoms with Crippen LogP contribution in [0.1, 0.15) is 23.2 Å².